The zero-order valence-corrected chi connectivity index (χ0v) is 25.3. The summed E-state index contributed by atoms with van der Waals surface area (Å²) in [6.45, 7) is 10.1. The number of anilines is 3. The number of rotatable bonds is 10. The smallest absolute Gasteiger partial charge is 0.248 e. The molecule has 0 saturated carbocycles. The standard InChI is InChI=1S/C34H38N8O2/c1-4-44-32-17-29-28(16-30(32)40-33(43)11-8-14-41-23(2)18-35-19-24(41)3)34(37-22-36-29)39-27-12-13-31-26(15-27)20-38-42(31)21-25-9-6-5-7-10-25/h5-13,15-17,20,22-24,35H,4,14,18-19,21H2,1-3H3,(H,40,43)(H,36,37,39). The summed E-state index contributed by atoms with van der Waals surface area (Å²) in [7, 11) is 0. The Labute approximate surface area is 257 Å². The zero-order valence-electron chi connectivity index (χ0n) is 25.3. The van der Waals surface area contributed by atoms with Crippen LogP contribution in [0.5, 0.6) is 5.75 Å². The normalized spacial score (nSPS) is 17.3. The first-order valence-corrected chi connectivity index (χ1v) is 15.1. The van der Waals surface area contributed by atoms with Crippen molar-refractivity contribution in [3.63, 3.8) is 0 Å². The quantitative estimate of drug-likeness (QED) is 0.187. The van der Waals surface area contributed by atoms with Gasteiger partial charge in [0.05, 0.1) is 36.1 Å². The van der Waals surface area contributed by atoms with Gasteiger partial charge in [-0.05, 0) is 50.6 Å². The van der Waals surface area contributed by atoms with Crippen molar-refractivity contribution >= 4 is 44.9 Å². The number of nitrogens with zero attached hydrogens (tertiary/aromatic N) is 5. The number of carbonyl (C=O) groups excluding carboxylic acids is 1. The van der Waals surface area contributed by atoms with E-state index < -0.39 is 0 Å². The van der Waals surface area contributed by atoms with Crippen LogP contribution < -0.4 is 20.7 Å². The lowest BCUT2D eigenvalue weighted by Gasteiger charge is -2.38. The highest BCUT2D eigenvalue weighted by molar-refractivity contribution is 6.03. The molecule has 1 saturated heterocycles. The summed E-state index contributed by atoms with van der Waals surface area (Å²) in [5.41, 5.74) is 4.38. The minimum absolute atomic E-state index is 0.218. The number of piperazine rings is 1. The fourth-order valence-electron chi connectivity index (χ4n) is 5.73. The molecule has 0 bridgehead atoms. The van der Waals surface area contributed by atoms with Gasteiger partial charge in [0.1, 0.15) is 17.9 Å². The van der Waals surface area contributed by atoms with Crippen LogP contribution in [0, 0.1) is 0 Å². The first kappa shape index (κ1) is 29.3. The van der Waals surface area contributed by atoms with E-state index in [1.807, 2.05) is 60.3 Å². The maximum atomic E-state index is 13.0. The van der Waals surface area contributed by atoms with E-state index in [2.05, 4.69) is 74.0 Å². The van der Waals surface area contributed by atoms with Crippen molar-refractivity contribution < 1.29 is 9.53 Å². The van der Waals surface area contributed by atoms with E-state index in [1.165, 1.54) is 11.9 Å². The Hall–Kier alpha value is -4.80. The summed E-state index contributed by atoms with van der Waals surface area (Å²) in [6.07, 6.45) is 6.91. The highest BCUT2D eigenvalue weighted by atomic mass is 16.5. The molecule has 0 radical (unpaired) electrons. The van der Waals surface area contributed by atoms with Crippen molar-refractivity contribution in [2.45, 2.75) is 39.4 Å². The Morgan fingerprint density at radius 1 is 1.07 bits per heavy atom. The molecule has 226 valence electrons. The summed E-state index contributed by atoms with van der Waals surface area (Å²) < 4.78 is 7.88. The fourth-order valence-corrected chi connectivity index (χ4v) is 5.73. The van der Waals surface area contributed by atoms with Crippen molar-refractivity contribution in [3.05, 3.63) is 90.9 Å². The lowest BCUT2D eigenvalue weighted by atomic mass is 10.1. The molecule has 0 spiro atoms. The number of ether oxygens (including phenoxy) is 1. The molecular formula is C34H38N8O2. The van der Waals surface area contributed by atoms with Crippen LogP contribution in [0.15, 0.2) is 85.3 Å². The van der Waals surface area contributed by atoms with Crippen molar-refractivity contribution in [3.8, 4) is 5.75 Å². The van der Waals surface area contributed by atoms with E-state index >= 15 is 0 Å². The fraction of sp³-hybridized carbons (Fsp3) is 0.294. The molecule has 10 nitrogen and oxygen atoms in total. The molecule has 1 aliphatic heterocycles. The molecule has 1 fully saturated rings. The third-order valence-corrected chi connectivity index (χ3v) is 7.97. The van der Waals surface area contributed by atoms with Gasteiger partial charge in [-0.3, -0.25) is 14.4 Å². The van der Waals surface area contributed by atoms with Crippen LogP contribution in [0.4, 0.5) is 17.2 Å². The van der Waals surface area contributed by atoms with E-state index in [0.29, 0.717) is 54.6 Å². The monoisotopic (exact) mass is 590 g/mol. The summed E-state index contributed by atoms with van der Waals surface area (Å²) in [6, 6.07) is 20.9. The third kappa shape index (κ3) is 6.56. The molecule has 3 N–H and O–H groups in total. The van der Waals surface area contributed by atoms with Gasteiger partial charge in [0.25, 0.3) is 0 Å². The van der Waals surface area contributed by atoms with Crippen LogP contribution in [0.3, 0.4) is 0 Å². The number of hydrogen-bond donors (Lipinski definition) is 3. The summed E-state index contributed by atoms with van der Waals surface area (Å²) in [5, 5.41) is 16.3. The second kappa shape index (κ2) is 13.2. The lowest BCUT2D eigenvalue weighted by molar-refractivity contribution is -0.111. The van der Waals surface area contributed by atoms with E-state index in [4.69, 9.17) is 4.74 Å². The van der Waals surface area contributed by atoms with Crippen molar-refractivity contribution in [2.24, 2.45) is 0 Å². The minimum atomic E-state index is -0.218. The van der Waals surface area contributed by atoms with Gasteiger partial charge in [-0.25, -0.2) is 9.97 Å². The SMILES string of the molecule is CCOc1cc2ncnc(Nc3ccc4c(cnn4Cc4ccccc4)c3)c2cc1NC(=O)C=CCN1C(C)CNCC1C. The molecule has 2 aromatic heterocycles. The molecule has 6 rings (SSSR count). The molecule has 3 heterocycles. The summed E-state index contributed by atoms with van der Waals surface area (Å²) in [5.74, 6) is 0.967. The zero-order chi connectivity index (χ0) is 30.5. The Morgan fingerprint density at radius 2 is 1.89 bits per heavy atom. The highest BCUT2D eigenvalue weighted by Gasteiger charge is 2.23. The average Bonchev–Trinajstić information content (AvgIpc) is 3.41. The molecule has 2 atom stereocenters. The van der Waals surface area contributed by atoms with Crippen LogP contribution in [0.1, 0.15) is 26.3 Å². The van der Waals surface area contributed by atoms with Crippen molar-refractivity contribution in [1.82, 2.24) is 30.0 Å². The minimum Gasteiger partial charge on any atom is -0.492 e. The molecule has 1 amide bonds. The number of hydrogen-bond acceptors (Lipinski definition) is 8. The number of nitrogens with one attached hydrogen (secondary N) is 3. The number of benzene rings is 3. The Bertz CT molecular complexity index is 1780. The second-order valence-corrected chi connectivity index (χ2v) is 11.2. The number of carbonyl (C=O) groups is 1. The average molecular weight is 591 g/mol. The van der Waals surface area contributed by atoms with Gasteiger partial charge in [0.15, 0.2) is 0 Å². The Balaban J connectivity index is 1.22. The lowest BCUT2D eigenvalue weighted by Crippen LogP contribution is -2.54. The summed E-state index contributed by atoms with van der Waals surface area (Å²) >= 11 is 0. The van der Waals surface area contributed by atoms with Crippen molar-refractivity contribution in [1.29, 1.82) is 0 Å². The summed E-state index contributed by atoms with van der Waals surface area (Å²) in [4.78, 5) is 24.4. The number of aromatic nitrogens is 4. The molecule has 0 aliphatic carbocycles. The Morgan fingerprint density at radius 3 is 2.68 bits per heavy atom. The molecule has 1 aliphatic rings. The maximum absolute atomic E-state index is 13.0. The van der Waals surface area contributed by atoms with Gasteiger partial charge in [0.2, 0.25) is 5.91 Å². The van der Waals surface area contributed by atoms with Crippen LogP contribution in [0.25, 0.3) is 21.8 Å². The van der Waals surface area contributed by atoms with Crippen LogP contribution in [-0.2, 0) is 11.3 Å². The second-order valence-electron chi connectivity index (χ2n) is 11.2. The maximum Gasteiger partial charge on any atom is 0.248 e. The van der Waals surface area contributed by atoms with Gasteiger partial charge in [-0.15, -0.1) is 0 Å². The molecule has 10 heteroatoms. The highest BCUT2D eigenvalue weighted by Crippen LogP contribution is 2.34. The van der Waals surface area contributed by atoms with Gasteiger partial charge >= 0.3 is 0 Å². The van der Waals surface area contributed by atoms with E-state index in [9.17, 15) is 4.79 Å². The first-order chi connectivity index (χ1) is 21.5. The molecule has 2 unspecified atom stereocenters. The molecule has 44 heavy (non-hydrogen) atoms. The van der Waals surface area contributed by atoms with E-state index in [-0.39, 0.29) is 5.91 Å². The van der Waals surface area contributed by atoms with Gasteiger partial charge in [-0.1, -0.05) is 36.4 Å². The van der Waals surface area contributed by atoms with Gasteiger partial charge < -0.3 is 20.7 Å². The molecular weight excluding hydrogens is 552 g/mol. The Kier molecular flexibility index (Phi) is 8.81. The molecule has 3 aromatic carbocycles. The third-order valence-electron chi connectivity index (χ3n) is 7.97. The number of fused-ring (bicyclic) bond motifs is 2. The van der Waals surface area contributed by atoms with E-state index in [0.717, 1.165) is 35.1 Å². The van der Waals surface area contributed by atoms with Gasteiger partial charge in [-0.2, -0.15) is 5.10 Å². The first-order valence-electron chi connectivity index (χ1n) is 15.1. The number of amides is 1. The topological polar surface area (TPSA) is 109 Å². The van der Waals surface area contributed by atoms with Crippen molar-refractivity contribution in [2.75, 3.05) is 36.9 Å². The van der Waals surface area contributed by atoms with E-state index in [1.54, 1.807) is 6.08 Å². The largest absolute Gasteiger partial charge is 0.492 e. The predicted molar refractivity (Wildman–Crippen MR) is 176 cm³/mol. The van der Waals surface area contributed by atoms with Gasteiger partial charge in [0, 0.05) is 60.3 Å². The van der Waals surface area contributed by atoms with Crippen LogP contribution in [0.2, 0.25) is 0 Å². The van der Waals surface area contributed by atoms with Crippen LogP contribution >= 0.6 is 0 Å². The van der Waals surface area contributed by atoms with Crippen LogP contribution in [-0.4, -0.2) is 68.9 Å². The predicted octanol–water partition coefficient (Wildman–Crippen LogP) is 5.35. The molecule has 5 aromatic rings.